The molecule has 0 aliphatic heterocycles. The van der Waals surface area contributed by atoms with Crippen molar-refractivity contribution in [2.45, 2.75) is 32.1 Å². The molecule has 4 heteroatoms. The summed E-state index contributed by atoms with van der Waals surface area (Å²) in [6.45, 7) is 0.660. The molecule has 3 rings (SSSR count). The molecule has 1 aliphatic rings. The Balaban J connectivity index is 1.86. The quantitative estimate of drug-likeness (QED) is 0.925. The second kappa shape index (κ2) is 6.12. The average Bonchev–Trinajstić information content (AvgIpc) is 2.53. The van der Waals surface area contributed by atoms with Crippen molar-refractivity contribution in [1.29, 1.82) is 0 Å². The van der Waals surface area contributed by atoms with Crippen molar-refractivity contribution in [3.8, 4) is 5.75 Å². The predicted octanol–water partition coefficient (Wildman–Crippen LogP) is 3.89. The fourth-order valence-electron chi connectivity index (χ4n) is 2.93. The number of fused-ring (bicyclic) bond motifs is 1. The van der Waals surface area contributed by atoms with Crippen molar-refractivity contribution in [1.82, 2.24) is 4.98 Å². The Bertz CT molecular complexity index is 648. The maximum atomic E-state index is 11.2. The number of carboxylic acids is 1. The highest BCUT2D eigenvalue weighted by molar-refractivity contribution is 5.93. The molecule has 1 N–H and O–H groups in total. The molecule has 1 aromatic heterocycles. The summed E-state index contributed by atoms with van der Waals surface area (Å²) in [5.74, 6) is 0.186. The first-order valence-corrected chi connectivity index (χ1v) is 7.50. The number of para-hydroxylation sites is 1. The molecule has 1 saturated carbocycles. The minimum atomic E-state index is -1.02. The Labute approximate surface area is 123 Å². The Morgan fingerprint density at radius 3 is 2.76 bits per heavy atom. The zero-order chi connectivity index (χ0) is 14.7. The SMILES string of the molecule is O=C(O)c1cc(OCC2CCCCC2)c2ccccc2n1. The largest absolute Gasteiger partial charge is 0.493 e. The predicted molar refractivity (Wildman–Crippen MR) is 80.8 cm³/mol. The van der Waals surface area contributed by atoms with E-state index in [-0.39, 0.29) is 5.69 Å². The second-order valence-electron chi connectivity index (χ2n) is 5.64. The summed E-state index contributed by atoms with van der Waals surface area (Å²) in [6.07, 6.45) is 6.26. The number of carboxylic acid groups (broad SMARTS) is 1. The molecule has 4 nitrogen and oxygen atoms in total. The third kappa shape index (κ3) is 3.15. The van der Waals surface area contributed by atoms with E-state index >= 15 is 0 Å². The van der Waals surface area contributed by atoms with Crippen molar-refractivity contribution in [2.75, 3.05) is 6.61 Å². The molecule has 21 heavy (non-hydrogen) atoms. The molecular weight excluding hydrogens is 266 g/mol. The van der Waals surface area contributed by atoms with Crippen LogP contribution in [0, 0.1) is 5.92 Å². The lowest BCUT2D eigenvalue weighted by molar-refractivity contribution is 0.0690. The van der Waals surface area contributed by atoms with Gasteiger partial charge in [-0.15, -0.1) is 0 Å². The highest BCUT2D eigenvalue weighted by atomic mass is 16.5. The number of aromatic carboxylic acids is 1. The average molecular weight is 285 g/mol. The molecule has 0 radical (unpaired) electrons. The van der Waals surface area contributed by atoms with Crippen LogP contribution < -0.4 is 4.74 Å². The van der Waals surface area contributed by atoms with Gasteiger partial charge in [-0.2, -0.15) is 0 Å². The zero-order valence-electron chi connectivity index (χ0n) is 11.9. The van der Waals surface area contributed by atoms with Gasteiger partial charge in [-0.1, -0.05) is 31.4 Å². The Morgan fingerprint density at radius 2 is 2.00 bits per heavy atom. The van der Waals surface area contributed by atoms with E-state index in [9.17, 15) is 4.79 Å². The van der Waals surface area contributed by atoms with Gasteiger partial charge in [0, 0.05) is 11.5 Å². The molecule has 0 unspecified atom stereocenters. The number of benzene rings is 1. The van der Waals surface area contributed by atoms with Gasteiger partial charge >= 0.3 is 5.97 Å². The standard InChI is InChI=1S/C17H19NO3/c19-17(20)15-10-16(13-8-4-5-9-14(13)18-15)21-11-12-6-2-1-3-7-12/h4-5,8-10,12H,1-3,6-7,11H2,(H,19,20). The van der Waals surface area contributed by atoms with Gasteiger partial charge in [0.05, 0.1) is 12.1 Å². The van der Waals surface area contributed by atoms with Gasteiger partial charge in [-0.3, -0.25) is 0 Å². The second-order valence-corrected chi connectivity index (χ2v) is 5.64. The number of aromatic nitrogens is 1. The third-order valence-corrected chi connectivity index (χ3v) is 4.10. The lowest BCUT2D eigenvalue weighted by Gasteiger charge is -2.22. The van der Waals surface area contributed by atoms with E-state index in [1.165, 1.54) is 38.2 Å². The van der Waals surface area contributed by atoms with Crippen LogP contribution in [0.1, 0.15) is 42.6 Å². The number of hydrogen-bond acceptors (Lipinski definition) is 3. The molecular formula is C17H19NO3. The number of pyridine rings is 1. The number of rotatable bonds is 4. The van der Waals surface area contributed by atoms with Crippen LogP contribution in [-0.2, 0) is 0 Å². The van der Waals surface area contributed by atoms with Crippen molar-refractivity contribution in [3.63, 3.8) is 0 Å². The highest BCUT2D eigenvalue weighted by Gasteiger charge is 2.16. The fourth-order valence-corrected chi connectivity index (χ4v) is 2.93. The molecule has 1 heterocycles. The van der Waals surface area contributed by atoms with Crippen molar-refractivity contribution < 1.29 is 14.6 Å². The normalized spacial score (nSPS) is 16.0. The van der Waals surface area contributed by atoms with Crippen molar-refractivity contribution in [2.24, 2.45) is 5.92 Å². The molecule has 0 bridgehead atoms. The molecule has 0 saturated heterocycles. The first kappa shape index (κ1) is 13.9. The molecule has 1 aromatic carbocycles. The summed E-state index contributed by atoms with van der Waals surface area (Å²) in [4.78, 5) is 15.3. The van der Waals surface area contributed by atoms with Crippen LogP contribution in [0.3, 0.4) is 0 Å². The smallest absolute Gasteiger partial charge is 0.354 e. The molecule has 1 fully saturated rings. The molecule has 0 amide bonds. The zero-order valence-corrected chi connectivity index (χ0v) is 11.9. The third-order valence-electron chi connectivity index (χ3n) is 4.10. The Hall–Kier alpha value is -2.10. The van der Waals surface area contributed by atoms with E-state index in [1.807, 2.05) is 24.3 Å². The van der Waals surface area contributed by atoms with Gasteiger partial charge in [0.1, 0.15) is 5.75 Å². The van der Waals surface area contributed by atoms with E-state index in [2.05, 4.69) is 4.98 Å². The summed E-state index contributed by atoms with van der Waals surface area (Å²) in [5, 5.41) is 10.0. The van der Waals surface area contributed by atoms with Crippen molar-refractivity contribution in [3.05, 3.63) is 36.0 Å². The van der Waals surface area contributed by atoms with Gasteiger partial charge in [0.25, 0.3) is 0 Å². The summed E-state index contributed by atoms with van der Waals surface area (Å²) in [6, 6.07) is 9.04. The molecule has 0 atom stereocenters. The van der Waals surface area contributed by atoms with Crippen molar-refractivity contribution >= 4 is 16.9 Å². The van der Waals surface area contributed by atoms with Gasteiger partial charge < -0.3 is 9.84 Å². The molecule has 0 spiro atoms. The Kier molecular flexibility index (Phi) is 4.04. The summed E-state index contributed by atoms with van der Waals surface area (Å²) < 4.78 is 5.95. The van der Waals surface area contributed by atoms with Crippen LogP contribution in [0.4, 0.5) is 0 Å². The molecule has 2 aromatic rings. The van der Waals surface area contributed by atoms with Crippen LogP contribution in [0.2, 0.25) is 0 Å². The maximum absolute atomic E-state index is 11.2. The molecule has 110 valence electrons. The van der Waals surface area contributed by atoms with E-state index in [0.717, 1.165) is 5.39 Å². The lowest BCUT2D eigenvalue weighted by Crippen LogP contribution is -2.15. The van der Waals surface area contributed by atoms with Gasteiger partial charge in [-0.25, -0.2) is 9.78 Å². The van der Waals surface area contributed by atoms with E-state index < -0.39 is 5.97 Å². The summed E-state index contributed by atoms with van der Waals surface area (Å²) in [7, 11) is 0. The number of hydrogen-bond donors (Lipinski definition) is 1. The number of ether oxygens (including phenoxy) is 1. The van der Waals surface area contributed by atoms with E-state index in [4.69, 9.17) is 9.84 Å². The number of carbonyl (C=O) groups is 1. The van der Waals surface area contributed by atoms with Crippen LogP contribution in [0.5, 0.6) is 5.75 Å². The lowest BCUT2D eigenvalue weighted by atomic mass is 9.90. The minimum absolute atomic E-state index is 0.0346. The van der Waals surface area contributed by atoms with Crippen LogP contribution >= 0.6 is 0 Å². The monoisotopic (exact) mass is 285 g/mol. The fraction of sp³-hybridized carbons (Fsp3) is 0.412. The first-order valence-electron chi connectivity index (χ1n) is 7.50. The van der Waals surface area contributed by atoms with E-state index in [0.29, 0.717) is 23.8 Å². The minimum Gasteiger partial charge on any atom is -0.493 e. The highest BCUT2D eigenvalue weighted by Crippen LogP contribution is 2.28. The van der Waals surface area contributed by atoms with Crippen LogP contribution in [0.15, 0.2) is 30.3 Å². The number of nitrogens with zero attached hydrogens (tertiary/aromatic N) is 1. The van der Waals surface area contributed by atoms with Gasteiger partial charge in [-0.05, 0) is 30.9 Å². The summed E-state index contributed by atoms with van der Waals surface area (Å²) in [5.41, 5.74) is 0.698. The molecule has 1 aliphatic carbocycles. The van der Waals surface area contributed by atoms with E-state index in [1.54, 1.807) is 0 Å². The maximum Gasteiger partial charge on any atom is 0.354 e. The van der Waals surface area contributed by atoms with Gasteiger partial charge in [0.2, 0.25) is 0 Å². The first-order chi connectivity index (χ1) is 10.2. The summed E-state index contributed by atoms with van der Waals surface area (Å²) >= 11 is 0. The Morgan fingerprint density at radius 1 is 1.24 bits per heavy atom. The topological polar surface area (TPSA) is 59.4 Å². The van der Waals surface area contributed by atoms with Crippen LogP contribution in [-0.4, -0.2) is 22.7 Å². The van der Waals surface area contributed by atoms with Crippen LogP contribution in [0.25, 0.3) is 10.9 Å². The van der Waals surface area contributed by atoms with Gasteiger partial charge in [0.15, 0.2) is 5.69 Å².